The fraction of sp³-hybridized carbons (Fsp3) is 1.00. The Labute approximate surface area is 131 Å². The van der Waals surface area contributed by atoms with Gasteiger partial charge in [-0.3, -0.25) is 13.4 Å². The van der Waals surface area contributed by atoms with Crippen LogP contribution in [-0.2, 0) is 48.6 Å². The topological polar surface area (TPSA) is 193 Å². The summed E-state index contributed by atoms with van der Waals surface area (Å²) in [4.78, 5) is 4.24. The van der Waals surface area contributed by atoms with E-state index in [9.17, 15) is 31.2 Å². The van der Waals surface area contributed by atoms with E-state index in [0.29, 0.717) is 0 Å². The minimum atomic E-state index is -5.40. The van der Waals surface area contributed by atoms with Gasteiger partial charge in [-0.15, -0.1) is 0 Å². The predicted octanol–water partition coefficient (Wildman–Crippen LogP) is -2.95. The van der Waals surface area contributed by atoms with Gasteiger partial charge in [-0.05, 0) is 6.42 Å². The first-order valence-corrected chi connectivity index (χ1v) is 8.60. The third kappa shape index (κ3) is 6.16. The lowest BCUT2D eigenvalue weighted by Crippen LogP contribution is -2.61. The average molecular weight is 381 g/mol. The van der Waals surface area contributed by atoms with E-state index in [1.54, 1.807) is 0 Å². The van der Waals surface area contributed by atoms with Crippen molar-refractivity contribution in [3.05, 3.63) is 0 Å². The van der Waals surface area contributed by atoms with E-state index in [2.05, 4.69) is 18.3 Å². The van der Waals surface area contributed by atoms with Gasteiger partial charge in [0.25, 0.3) is 0 Å². The standard InChI is InChI=1S/C8H16O13S2/c1-3-4-5(18-21-9)6(19-22(10,11)12)7(8(16-2)17-4)20-23(13,14)15/h4-9H,3H2,1-2H3,(H,10,11,12)(H,13,14,15)/p-3/t4?,5-,6-,7?,8+/m1/s1. The fourth-order valence-corrected chi connectivity index (χ4v) is 3.01. The Balaban J connectivity index is 3.26. The van der Waals surface area contributed by atoms with Crippen LogP contribution in [0.5, 0.6) is 0 Å². The van der Waals surface area contributed by atoms with Crippen LogP contribution in [0.15, 0.2) is 0 Å². The van der Waals surface area contributed by atoms with Crippen molar-refractivity contribution in [3.63, 3.8) is 0 Å². The second-order valence-corrected chi connectivity index (χ2v) is 6.27. The zero-order valence-electron chi connectivity index (χ0n) is 11.7. The summed E-state index contributed by atoms with van der Waals surface area (Å²) < 4.78 is 83.0. The molecule has 0 N–H and O–H groups in total. The Morgan fingerprint density at radius 2 is 1.52 bits per heavy atom. The van der Waals surface area contributed by atoms with E-state index >= 15 is 0 Å². The van der Waals surface area contributed by atoms with Crippen LogP contribution in [0.2, 0.25) is 0 Å². The summed E-state index contributed by atoms with van der Waals surface area (Å²) in [6.07, 6.45) is -8.42. The Kier molecular flexibility index (Phi) is 7.23. The summed E-state index contributed by atoms with van der Waals surface area (Å²) >= 11 is 0. The zero-order chi connectivity index (χ0) is 17.8. The van der Waals surface area contributed by atoms with Crippen molar-refractivity contribution >= 4 is 20.8 Å². The van der Waals surface area contributed by atoms with E-state index in [1.807, 2.05) is 0 Å². The van der Waals surface area contributed by atoms with E-state index in [-0.39, 0.29) is 6.42 Å². The van der Waals surface area contributed by atoms with Crippen molar-refractivity contribution in [2.24, 2.45) is 0 Å². The van der Waals surface area contributed by atoms with E-state index in [4.69, 9.17) is 9.47 Å². The maximum absolute atomic E-state index is 10.8. The zero-order valence-corrected chi connectivity index (χ0v) is 13.4. The molecule has 15 heteroatoms. The molecule has 5 atom stereocenters. The first-order chi connectivity index (χ1) is 10.5. The van der Waals surface area contributed by atoms with Crippen LogP contribution in [0.1, 0.15) is 13.3 Å². The molecule has 23 heavy (non-hydrogen) atoms. The van der Waals surface area contributed by atoms with Gasteiger partial charge in [0.2, 0.25) is 20.8 Å². The highest BCUT2D eigenvalue weighted by Gasteiger charge is 2.50. The number of hydrogen-bond acceptors (Lipinski definition) is 13. The highest BCUT2D eigenvalue weighted by molar-refractivity contribution is 7.81. The second kappa shape index (κ2) is 8.08. The van der Waals surface area contributed by atoms with Gasteiger partial charge >= 0.3 is 0 Å². The SMILES string of the molecule is CCC1O[C@H](OC)C(OS(=O)(=O)[O-])[C@H](OS(=O)(=O)[O-])[C@@H]1OO[O-]. The lowest BCUT2D eigenvalue weighted by atomic mass is 9.97. The number of ether oxygens (including phenoxy) is 2. The number of hydrogen-bond donors (Lipinski definition) is 0. The van der Waals surface area contributed by atoms with Crippen LogP contribution in [-0.4, -0.2) is 63.8 Å². The smallest absolute Gasteiger partial charge is 0.218 e. The fourth-order valence-electron chi connectivity index (χ4n) is 2.04. The first kappa shape index (κ1) is 20.6. The minimum Gasteiger partial charge on any atom is -0.726 e. The maximum Gasteiger partial charge on any atom is 0.218 e. The van der Waals surface area contributed by atoms with Crippen molar-refractivity contribution in [1.29, 1.82) is 0 Å². The Hall–Kier alpha value is -0.460. The third-order valence-corrected chi connectivity index (χ3v) is 3.75. The predicted molar refractivity (Wildman–Crippen MR) is 61.1 cm³/mol. The number of rotatable bonds is 8. The molecule has 1 rings (SSSR count). The van der Waals surface area contributed by atoms with Crippen molar-refractivity contribution < 1.29 is 59.0 Å². The lowest BCUT2D eigenvalue weighted by Gasteiger charge is -2.44. The molecule has 0 radical (unpaired) electrons. The van der Waals surface area contributed by atoms with Gasteiger partial charge in [0.15, 0.2) is 12.4 Å². The monoisotopic (exact) mass is 381 g/mol. The normalized spacial score (nSPS) is 32.8. The Morgan fingerprint density at radius 3 is 1.91 bits per heavy atom. The minimum absolute atomic E-state index is 0.0868. The molecule has 13 nitrogen and oxygen atoms in total. The number of methoxy groups -OCH3 is 1. The first-order valence-electron chi connectivity index (χ1n) is 5.94. The van der Waals surface area contributed by atoms with Crippen molar-refractivity contribution in [1.82, 2.24) is 0 Å². The Morgan fingerprint density at radius 1 is 1.00 bits per heavy atom. The highest BCUT2D eigenvalue weighted by Crippen LogP contribution is 2.31. The second-order valence-electron chi connectivity index (χ2n) is 4.25. The van der Waals surface area contributed by atoms with E-state index < -0.39 is 51.5 Å². The molecule has 0 aliphatic carbocycles. The quantitative estimate of drug-likeness (QED) is 0.179. The van der Waals surface area contributed by atoms with E-state index in [0.717, 1.165) is 7.11 Å². The van der Waals surface area contributed by atoms with Gasteiger partial charge in [0, 0.05) is 7.11 Å². The molecule has 1 aliphatic rings. The summed E-state index contributed by atoms with van der Waals surface area (Å²) in [7, 11) is -9.75. The van der Waals surface area contributed by atoms with E-state index in [1.165, 1.54) is 6.92 Å². The van der Waals surface area contributed by atoms with Crippen LogP contribution in [0, 0.1) is 0 Å². The molecule has 0 amide bonds. The molecule has 1 saturated heterocycles. The Bertz CT molecular complexity index is 571. The van der Waals surface area contributed by atoms with Gasteiger partial charge in [-0.25, -0.2) is 21.7 Å². The molecule has 1 aliphatic heterocycles. The van der Waals surface area contributed by atoms with Crippen LogP contribution >= 0.6 is 0 Å². The van der Waals surface area contributed by atoms with Crippen LogP contribution < -0.4 is 5.26 Å². The van der Waals surface area contributed by atoms with Crippen LogP contribution in [0.25, 0.3) is 0 Å². The lowest BCUT2D eigenvalue weighted by molar-refractivity contribution is -0.807. The maximum atomic E-state index is 10.8. The molecule has 0 aromatic heterocycles. The van der Waals surface area contributed by atoms with Crippen LogP contribution in [0.3, 0.4) is 0 Å². The van der Waals surface area contributed by atoms with Gasteiger partial charge in [-0.2, -0.15) is 0 Å². The molecule has 138 valence electrons. The summed E-state index contributed by atoms with van der Waals surface area (Å²) in [5.41, 5.74) is 0. The van der Waals surface area contributed by atoms with Crippen molar-refractivity contribution in [2.75, 3.05) is 7.11 Å². The van der Waals surface area contributed by atoms with Crippen molar-refractivity contribution in [3.8, 4) is 0 Å². The molecule has 0 aromatic rings. The highest BCUT2D eigenvalue weighted by atomic mass is 32.3. The van der Waals surface area contributed by atoms with Crippen molar-refractivity contribution in [2.45, 2.75) is 44.1 Å². The molecule has 0 bridgehead atoms. The molecule has 1 fully saturated rings. The summed E-state index contributed by atoms with van der Waals surface area (Å²) in [5.74, 6) is 0. The molecule has 1 heterocycles. The molecule has 2 unspecified atom stereocenters. The van der Waals surface area contributed by atoms with Gasteiger partial charge in [0.05, 0.1) is 6.10 Å². The summed E-state index contributed by atoms with van der Waals surface area (Å²) in [6, 6.07) is 0. The van der Waals surface area contributed by atoms with Gasteiger partial charge < -0.3 is 23.8 Å². The molecule has 0 saturated carbocycles. The average Bonchev–Trinajstić information content (AvgIpc) is 2.40. The summed E-state index contributed by atoms with van der Waals surface area (Å²) in [5, 5.41) is 13.4. The van der Waals surface area contributed by atoms with Crippen LogP contribution in [0.4, 0.5) is 0 Å². The molecular weight excluding hydrogens is 368 g/mol. The van der Waals surface area contributed by atoms with Gasteiger partial charge in [-0.1, -0.05) is 6.92 Å². The van der Waals surface area contributed by atoms with Gasteiger partial charge in [0.1, 0.15) is 12.2 Å². The molecular formula is C8H13O13S2-3. The molecule has 0 aromatic carbocycles. The largest absolute Gasteiger partial charge is 0.726 e. The third-order valence-electron chi connectivity index (χ3n) is 2.83. The summed E-state index contributed by atoms with van der Waals surface area (Å²) in [6.45, 7) is 1.52. The molecule has 0 spiro atoms.